The number of hydrogen-bond donors (Lipinski definition) is 0. The molecule has 0 radical (unpaired) electrons. The Labute approximate surface area is 103 Å². The molecular formula is C11H14BrFN2O. The number of anilines is 1. The second kappa shape index (κ2) is 5.10. The van der Waals surface area contributed by atoms with E-state index in [1.807, 2.05) is 4.90 Å². The van der Waals surface area contributed by atoms with E-state index in [2.05, 4.69) is 20.9 Å². The zero-order valence-corrected chi connectivity index (χ0v) is 10.7. The van der Waals surface area contributed by atoms with Crippen LogP contribution in [0.2, 0.25) is 0 Å². The number of ether oxygens (including phenoxy) is 1. The Morgan fingerprint density at radius 3 is 2.94 bits per heavy atom. The van der Waals surface area contributed by atoms with E-state index in [0.717, 1.165) is 12.8 Å². The lowest BCUT2D eigenvalue weighted by molar-refractivity contribution is 0.204. The molecule has 0 aromatic carbocycles. The van der Waals surface area contributed by atoms with Crippen LogP contribution < -0.4 is 4.90 Å². The van der Waals surface area contributed by atoms with E-state index in [0.29, 0.717) is 29.5 Å². The molecule has 0 atom stereocenters. The highest BCUT2D eigenvalue weighted by molar-refractivity contribution is 9.10. The summed E-state index contributed by atoms with van der Waals surface area (Å²) in [4.78, 5) is 6.13. The molecule has 0 unspecified atom stereocenters. The van der Waals surface area contributed by atoms with Gasteiger partial charge in [0.25, 0.3) is 0 Å². The second-order valence-electron chi connectivity index (χ2n) is 3.88. The summed E-state index contributed by atoms with van der Waals surface area (Å²) >= 11 is 3.21. The normalized spacial score (nSPS) is 15.2. The van der Waals surface area contributed by atoms with Crippen LogP contribution in [-0.4, -0.2) is 31.3 Å². The SMILES string of the molecule is COCCN(c1ncc(Br)cc1F)C1CC1. The largest absolute Gasteiger partial charge is 0.383 e. The minimum atomic E-state index is -0.280. The Hall–Kier alpha value is -0.680. The Bertz CT molecular complexity index is 371. The lowest BCUT2D eigenvalue weighted by Gasteiger charge is -2.23. The van der Waals surface area contributed by atoms with E-state index in [-0.39, 0.29) is 5.82 Å². The predicted octanol–water partition coefficient (Wildman–Crippen LogP) is 2.60. The van der Waals surface area contributed by atoms with Crippen molar-refractivity contribution in [1.29, 1.82) is 0 Å². The maximum atomic E-state index is 13.7. The summed E-state index contributed by atoms with van der Waals surface area (Å²) in [6.45, 7) is 1.28. The molecule has 1 aromatic rings. The van der Waals surface area contributed by atoms with Crippen LogP contribution in [0.4, 0.5) is 10.2 Å². The first-order valence-corrected chi connectivity index (χ1v) is 6.08. The van der Waals surface area contributed by atoms with Crippen LogP contribution in [0.15, 0.2) is 16.7 Å². The molecule has 0 spiro atoms. The molecule has 1 aromatic heterocycles. The molecule has 0 bridgehead atoms. The molecule has 1 heterocycles. The molecule has 0 saturated heterocycles. The molecule has 5 heteroatoms. The fourth-order valence-corrected chi connectivity index (χ4v) is 1.96. The summed E-state index contributed by atoms with van der Waals surface area (Å²) < 4.78 is 19.4. The first-order chi connectivity index (χ1) is 7.72. The van der Waals surface area contributed by atoms with Gasteiger partial charge in [0.1, 0.15) is 0 Å². The molecule has 88 valence electrons. The highest BCUT2D eigenvalue weighted by Gasteiger charge is 2.31. The number of pyridine rings is 1. The predicted molar refractivity (Wildman–Crippen MR) is 64.1 cm³/mol. The van der Waals surface area contributed by atoms with Crippen molar-refractivity contribution in [2.24, 2.45) is 0 Å². The zero-order valence-electron chi connectivity index (χ0n) is 9.12. The van der Waals surface area contributed by atoms with Gasteiger partial charge in [-0.05, 0) is 34.8 Å². The van der Waals surface area contributed by atoms with Gasteiger partial charge in [-0.25, -0.2) is 9.37 Å². The van der Waals surface area contributed by atoms with Gasteiger partial charge in [0.15, 0.2) is 11.6 Å². The summed E-state index contributed by atoms with van der Waals surface area (Å²) in [6, 6.07) is 1.88. The lowest BCUT2D eigenvalue weighted by Crippen LogP contribution is -2.31. The molecule has 1 saturated carbocycles. The second-order valence-corrected chi connectivity index (χ2v) is 4.79. The van der Waals surface area contributed by atoms with Gasteiger partial charge in [0, 0.05) is 30.4 Å². The van der Waals surface area contributed by atoms with Crippen molar-refractivity contribution in [3.05, 3.63) is 22.6 Å². The van der Waals surface area contributed by atoms with E-state index in [1.165, 1.54) is 6.07 Å². The smallest absolute Gasteiger partial charge is 0.166 e. The average molecular weight is 289 g/mol. The van der Waals surface area contributed by atoms with Crippen molar-refractivity contribution in [1.82, 2.24) is 4.98 Å². The van der Waals surface area contributed by atoms with Crippen LogP contribution >= 0.6 is 15.9 Å². The maximum Gasteiger partial charge on any atom is 0.166 e. The molecule has 1 fully saturated rings. The Balaban J connectivity index is 2.17. The van der Waals surface area contributed by atoms with E-state index in [4.69, 9.17) is 4.74 Å². The van der Waals surface area contributed by atoms with Crippen molar-refractivity contribution in [3.63, 3.8) is 0 Å². The molecular weight excluding hydrogens is 275 g/mol. The van der Waals surface area contributed by atoms with Crippen molar-refractivity contribution in [2.75, 3.05) is 25.2 Å². The zero-order chi connectivity index (χ0) is 11.5. The van der Waals surface area contributed by atoms with Crippen LogP contribution in [0, 0.1) is 5.82 Å². The third-order valence-corrected chi connectivity index (χ3v) is 3.02. The highest BCUT2D eigenvalue weighted by atomic mass is 79.9. The number of halogens is 2. The van der Waals surface area contributed by atoms with Gasteiger partial charge in [-0.1, -0.05) is 0 Å². The van der Waals surface area contributed by atoms with Crippen molar-refractivity contribution >= 4 is 21.7 Å². The van der Waals surface area contributed by atoms with Crippen LogP contribution in [0.25, 0.3) is 0 Å². The number of methoxy groups -OCH3 is 1. The van der Waals surface area contributed by atoms with Crippen molar-refractivity contribution < 1.29 is 9.13 Å². The van der Waals surface area contributed by atoms with Gasteiger partial charge >= 0.3 is 0 Å². The molecule has 3 nitrogen and oxygen atoms in total. The standard InChI is InChI=1S/C11H14BrFN2O/c1-16-5-4-15(9-2-3-9)11-10(13)6-8(12)7-14-11/h6-7,9H,2-5H2,1H3. The van der Waals surface area contributed by atoms with Crippen LogP contribution in [-0.2, 0) is 4.74 Å². The molecule has 0 aliphatic heterocycles. The fourth-order valence-electron chi connectivity index (χ4n) is 1.66. The molecule has 1 aliphatic rings. The summed E-state index contributed by atoms with van der Waals surface area (Å²) in [5.41, 5.74) is 0. The van der Waals surface area contributed by atoms with Crippen molar-refractivity contribution in [2.45, 2.75) is 18.9 Å². The Morgan fingerprint density at radius 1 is 1.62 bits per heavy atom. The summed E-state index contributed by atoms with van der Waals surface area (Å²) in [7, 11) is 1.65. The molecule has 0 amide bonds. The molecule has 16 heavy (non-hydrogen) atoms. The molecule has 1 aliphatic carbocycles. The summed E-state index contributed by atoms with van der Waals surface area (Å²) in [5.74, 6) is 0.153. The number of hydrogen-bond acceptors (Lipinski definition) is 3. The number of rotatable bonds is 5. The minimum Gasteiger partial charge on any atom is -0.383 e. The first kappa shape index (κ1) is 11.8. The van der Waals surface area contributed by atoms with Gasteiger partial charge in [-0.3, -0.25) is 0 Å². The summed E-state index contributed by atoms with van der Waals surface area (Å²) in [6.07, 6.45) is 3.85. The Kier molecular flexibility index (Phi) is 3.76. The number of aromatic nitrogens is 1. The number of nitrogens with zero attached hydrogens (tertiary/aromatic N) is 2. The van der Waals surface area contributed by atoms with Gasteiger partial charge in [-0.15, -0.1) is 0 Å². The van der Waals surface area contributed by atoms with Crippen LogP contribution in [0.5, 0.6) is 0 Å². The Morgan fingerprint density at radius 2 is 2.38 bits per heavy atom. The van der Waals surface area contributed by atoms with E-state index >= 15 is 0 Å². The van der Waals surface area contributed by atoms with Gasteiger partial charge in [0.05, 0.1) is 6.61 Å². The maximum absolute atomic E-state index is 13.7. The lowest BCUT2D eigenvalue weighted by atomic mass is 10.3. The third kappa shape index (κ3) is 2.71. The van der Waals surface area contributed by atoms with Gasteiger partial charge in [-0.2, -0.15) is 0 Å². The topological polar surface area (TPSA) is 25.4 Å². The third-order valence-electron chi connectivity index (χ3n) is 2.58. The minimum absolute atomic E-state index is 0.280. The van der Waals surface area contributed by atoms with E-state index < -0.39 is 0 Å². The van der Waals surface area contributed by atoms with Gasteiger partial charge in [0.2, 0.25) is 0 Å². The molecule has 2 rings (SSSR count). The van der Waals surface area contributed by atoms with Crippen molar-refractivity contribution in [3.8, 4) is 0 Å². The van der Waals surface area contributed by atoms with E-state index in [9.17, 15) is 4.39 Å². The van der Waals surface area contributed by atoms with E-state index in [1.54, 1.807) is 13.3 Å². The first-order valence-electron chi connectivity index (χ1n) is 5.29. The average Bonchev–Trinajstić information content (AvgIpc) is 3.05. The molecule has 0 N–H and O–H groups in total. The summed E-state index contributed by atoms with van der Waals surface area (Å²) in [5, 5.41) is 0. The van der Waals surface area contributed by atoms with Crippen LogP contribution in [0.1, 0.15) is 12.8 Å². The highest BCUT2D eigenvalue weighted by Crippen LogP contribution is 2.32. The van der Waals surface area contributed by atoms with Crippen LogP contribution in [0.3, 0.4) is 0 Å². The quantitative estimate of drug-likeness (QED) is 0.833. The fraction of sp³-hybridized carbons (Fsp3) is 0.545. The monoisotopic (exact) mass is 288 g/mol. The van der Waals surface area contributed by atoms with Gasteiger partial charge < -0.3 is 9.64 Å².